The number of rotatable bonds is 3. The fraction of sp³-hybridized carbons (Fsp3) is 0.588. The summed E-state index contributed by atoms with van der Waals surface area (Å²) in [6, 6.07) is 7.00. The van der Waals surface area contributed by atoms with Crippen molar-refractivity contribution in [3.63, 3.8) is 0 Å². The molecule has 2 unspecified atom stereocenters. The highest BCUT2D eigenvalue weighted by molar-refractivity contribution is 7.93. The van der Waals surface area contributed by atoms with Gasteiger partial charge in [-0.25, -0.2) is 8.42 Å². The predicted octanol–water partition coefficient (Wildman–Crippen LogP) is 1.85. The van der Waals surface area contributed by atoms with Gasteiger partial charge in [-0.3, -0.25) is 9.10 Å². The van der Waals surface area contributed by atoms with Crippen molar-refractivity contribution in [3.05, 3.63) is 29.8 Å². The average molecular weight is 388 g/mol. The first-order chi connectivity index (χ1) is 11.4. The summed E-state index contributed by atoms with van der Waals surface area (Å²) in [7, 11) is -3.24. The number of halogens is 1. The second kappa shape index (κ2) is 7.93. The van der Waals surface area contributed by atoms with E-state index < -0.39 is 10.0 Å². The molecule has 3 rings (SSSR count). The van der Waals surface area contributed by atoms with Crippen molar-refractivity contribution in [2.45, 2.75) is 32.2 Å². The number of carbonyl (C=O) groups excluding carboxylic acids is 1. The van der Waals surface area contributed by atoms with E-state index >= 15 is 0 Å². The van der Waals surface area contributed by atoms with Crippen molar-refractivity contribution in [3.8, 4) is 0 Å². The van der Waals surface area contributed by atoms with E-state index in [2.05, 4.69) is 6.92 Å². The first-order valence-corrected chi connectivity index (χ1v) is 10.1. The number of hydrogen-bond acceptors (Lipinski definition) is 4. The van der Waals surface area contributed by atoms with Gasteiger partial charge in [0.2, 0.25) is 10.0 Å². The molecule has 0 spiro atoms. The van der Waals surface area contributed by atoms with Gasteiger partial charge < -0.3 is 10.6 Å². The molecule has 140 valence electrons. The van der Waals surface area contributed by atoms with Crippen molar-refractivity contribution in [1.29, 1.82) is 0 Å². The summed E-state index contributed by atoms with van der Waals surface area (Å²) in [6.07, 6.45) is 2.52. The molecule has 2 N–H and O–H groups in total. The lowest BCUT2D eigenvalue weighted by molar-refractivity contribution is 0.0573. The number of likely N-dealkylation sites (tertiary alicyclic amines) is 1. The SMILES string of the molecule is CC1CCN(C(=O)c2cccc(N3CCCS3(=O)=O)c2)C(CN)C1.Cl. The third-order valence-electron chi connectivity index (χ3n) is 4.99. The largest absolute Gasteiger partial charge is 0.334 e. The number of amides is 1. The summed E-state index contributed by atoms with van der Waals surface area (Å²) >= 11 is 0. The summed E-state index contributed by atoms with van der Waals surface area (Å²) in [5, 5.41) is 0. The van der Waals surface area contributed by atoms with Crippen molar-refractivity contribution in [2.24, 2.45) is 11.7 Å². The molecule has 2 atom stereocenters. The zero-order valence-electron chi connectivity index (χ0n) is 14.4. The van der Waals surface area contributed by atoms with Gasteiger partial charge in [-0.1, -0.05) is 13.0 Å². The second-order valence-corrected chi connectivity index (χ2v) is 8.82. The van der Waals surface area contributed by atoms with Gasteiger partial charge in [0.1, 0.15) is 0 Å². The van der Waals surface area contributed by atoms with Gasteiger partial charge >= 0.3 is 0 Å². The van der Waals surface area contributed by atoms with Crippen LogP contribution in [0.15, 0.2) is 24.3 Å². The lowest BCUT2D eigenvalue weighted by Crippen LogP contribution is -2.49. The number of carbonyl (C=O) groups is 1. The molecular formula is C17H26ClN3O3S. The summed E-state index contributed by atoms with van der Waals surface area (Å²) in [4.78, 5) is 14.8. The normalized spacial score (nSPS) is 25.5. The molecule has 0 bridgehead atoms. The van der Waals surface area contributed by atoms with Gasteiger partial charge in [-0.15, -0.1) is 12.4 Å². The summed E-state index contributed by atoms with van der Waals surface area (Å²) < 4.78 is 25.6. The second-order valence-electron chi connectivity index (χ2n) is 6.81. The van der Waals surface area contributed by atoms with Crippen molar-refractivity contribution >= 4 is 34.0 Å². The van der Waals surface area contributed by atoms with Crippen LogP contribution in [-0.2, 0) is 10.0 Å². The number of anilines is 1. The van der Waals surface area contributed by atoms with Crippen molar-refractivity contribution < 1.29 is 13.2 Å². The van der Waals surface area contributed by atoms with Gasteiger partial charge in [0.05, 0.1) is 11.4 Å². The topological polar surface area (TPSA) is 83.7 Å². The maximum atomic E-state index is 12.9. The fourth-order valence-corrected chi connectivity index (χ4v) is 5.19. The molecule has 1 amide bonds. The van der Waals surface area contributed by atoms with E-state index in [4.69, 9.17) is 5.73 Å². The van der Waals surface area contributed by atoms with Crippen LogP contribution >= 0.6 is 12.4 Å². The fourth-order valence-electron chi connectivity index (χ4n) is 3.63. The first kappa shape index (κ1) is 20.0. The minimum Gasteiger partial charge on any atom is -0.334 e. The van der Waals surface area contributed by atoms with Crippen LogP contribution in [0.4, 0.5) is 5.69 Å². The zero-order valence-corrected chi connectivity index (χ0v) is 16.1. The Morgan fingerprint density at radius 2 is 2.08 bits per heavy atom. The Morgan fingerprint density at radius 3 is 2.72 bits per heavy atom. The van der Waals surface area contributed by atoms with E-state index in [9.17, 15) is 13.2 Å². The molecule has 0 radical (unpaired) electrons. The molecule has 2 aliphatic rings. The van der Waals surface area contributed by atoms with Gasteiger partial charge in [0, 0.05) is 31.2 Å². The van der Waals surface area contributed by atoms with E-state index in [0.717, 1.165) is 12.8 Å². The number of piperidine rings is 1. The highest BCUT2D eigenvalue weighted by Gasteiger charge is 2.31. The summed E-state index contributed by atoms with van der Waals surface area (Å²) in [5.74, 6) is 0.684. The molecule has 0 saturated carbocycles. The molecule has 2 heterocycles. The highest BCUT2D eigenvalue weighted by atomic mass is 35.5. The number of hydrogen-bond donors (Lipinski definition) is 1. The summed E-state index contributed by atoms with van der Waals surface area (Å²) in [6.45, 7) is 3.82. The summed E-state index contributed by atoms with van der Waals surface area (Å²) in [5.41, 5.74) is 6.96. The molecule has 0 aliphatic carbocycles. The quantitative estimate of drug-likeness (QED) is 0.857. The smallest absolute Gasteiger partial charge is 0.254 e. The Balaban J connectivity index is 0.00000225. The van der Waals surface area contributed by atoms with Crippen LogP contribution in [0.3, 0.4) is 0 Å². The Hall–Kier alpha value is -1.31. The molecule has 2 aliphatic heterocycles. The Bertz CT molecular complexity index is 726. The van der Waals surface area contributed by atoms with Crippen LogP contribution in [0.25, 0.3) is 0 Å². The van der Waals surface area contributed by atoms with Gasteiger partial charge in [-0.05, 0) is 43.4 Å². The Kier molecular flexibility index (Phi) is 6.35. The molecule has 1 aromatic rings. The Labute approximate surface area is 155 Å². The highest BCUT2D eigenvalue weighted by Crippen LogP contribution is 2.27. The lowest BCUT2D eigenvalue weighted by Gasteiger charge is -2.38. The van der Waals surface area contributed by atoms with Gasteiger partial charge in [0.25, 0.3) is 5.91 Å². The standard InChI is InChI=1S/C17H25N3O3S.ClH/c1-13-6-8-19(16(10-13)12-18)17(21)14-4-2-5-15(11-14)20-7-3-9-24(20,22)23;/h2,4-5,11,13,16H,3,6-10,12,18H2,1H3;1H. The van der Waals surface area contributed by atoms with Crippen LogP contribution in [0.5, 0.6) is 0 Å². The van der Waals surface area contributed by atoms with Crippen LogP contribution in [0, 0.1) is 5.92 Å². The van der Waals surface area contributed by atoms with Gasteiger partial charge in [-0.2, -0.15) is 0 Å². The molecule has 2 fully saturated rings. The maximum Gasteiger partial charge on any atom is 0.254 e. The third kappa shape index (κ3) is 4.10. The monoisotopic (exact) mass is 387 g/mol. The van der Waals surface area contributed by atoms with E-state index in [1.54, 1.807) is 24.3 Å². The van der Waals surface area contributed by atoms with E-state index in [0.29, 0.717) is 43.2 Å². The molecular weight excluding hydrogens is 362 g/mol. The molecule has 25 heavy (non-hydrogen) atoms. The van der Waals surface area contributed by atoms with E-state index in [1.165, 1.54) is 4.31 Å². The van der Waals surface area contributed by atoms with E-state index in [-0.39, 0.29) is 30.1 Å². The van der Waals surface area contributed by atoms with E-state index in [1.807, 2.05) is 4.90 Å². The Morgan fingerprint density at radius 1 is 1.32 bits per heavy atom. The molecule has 0 aromatic heterocycles. The number of benzene rings is 1. The van der Waals surface area contributed by atoms with Gasteiger partial charge in [0.15, 0.2) is 0 Å². The van der Waals surface area contributed by atoms with Crippen molar-refractivity contribution in [2.75, 3.05) is 29.7 Å². The third-order valence-corrected chi connectivity index (χ3v) is 6.86. The number of nitrogens with two attached hydrogens (primary N) is 1. The maximum absolute atomic E-state index is 12.9. The lowest BCUT2D eigenvalue weighted by atomic mass is 9.92. The predicted molar refractivity (Wildman–Crippen MR) is 102 cm³/mol. The van der Waals surface area contributed by atoms with Crippen molar-refractivity contribution in [1.82, 2.24) is 4.90 Å². The molecule has 6 nitrogen and oxygen atoms in total. The van der Waals surface area contributed by atoms with Crippen LogP contribution < -0.4 is 10.0 Å². The zero-order chi connectivity index (χ0) is 17.3. The molecule has 2 saturated heterocycles. The minimum absolute atomic E-state index is 0. The van der Waals surface area contributed by atoms with Crippen LogP contribution in [0.1, 0.15) is 36.5 Å². The number of nitrogens with zero attached hydrogens (tertiary/aromatic N) is 2. The van der Waals surface area contributed by atoms with Crippen LogP contribution in [0.2, 0.25) is 0 Å². The minimum atomic E-state index is -3.24. The molecule has 1 aromatic carbocycles. The average Bonchev–Trinajstić information content (AvgIpc) is 2.93. The first-order valence-electron chi connectivity index (χ1n) is 8.54. The van der Waals surface area contributed by atoms with Crippen LogP contribution in [-0.4, -0.2) is 50.7 Å². The number of sulfonamides is 1. The molecule has 8 heteroatoms.